The number of nitrogens with zero attached hydrogens (tertiary/aromatic N) is 3. The van der Waals surface area contributed by atoms with Crippen molar-refractivity contribution in [2.45, 2.75) is 19.4 Å². The van der Waals surface area contributed by atoms with E-state index in [0.717, 1.165) is 21.7 Å². The summed E-state index contributed by atoms with van der Waals surface area (Å²) in [6.07, 6.45) is 2.02. The summed E-state index contributed by atoms with van der Waals surface area (Å²) in [5.41, 5.74) is 3.29. The van der Waals surface area contributed by atoms with Gasteiger partial charge in [-0.15, -0.1) is 11.3 Å². The number of imide groups is 1. The van der Waals surface area contributed by atoms with Gasteiger partial charge in [0.1, 0.15) is 5.82 Å². The van der Waals surface area contributed by atoms with Crippen molar-refractivity contribution in [3.05, 3.63) is 99.1 Å². The van der Waals surface area contributed by atoms with Gasteiger partial charge in [-0.3, -0.25) is 24.0 Å². The molecule has 1 aliphatic rings. The quantitative estimate of drug-likeness (QED) is 0.383. The highest BCUT2D eigenvalue weighted by atomic mass is 32.1. The summed E-state index contributed by atoms with van der Waals surface area (Å²) < 4.78 is 15.2. The van der Waals surface area contributed by atoms with E-state index in [1.165, 1.54) is 28.4 Å². The summed E-state index contributed by atoms with van der Waals surface area (Å²) in [7, 11) is 1.84. The predicted octanol–water partition coefficient (Wildman–Crippen LogP) is 4.23. The van der Waals surface area contributed by atoms with Crippen molar-refractivity contribution in [1.82, 2.24) is 20.0 Å². The number of amides is 3. The molecule has 0 saturated heterocycles. The van der Waals surface area contributed by atoms with E-state index in [0.29, 0.717) is 22.4 Å². The van der Waals surface area contributed by atoms with Crippen LogP contribution in [0.3, 0.4) is 0 Å². The summed E-state index contributed by atoms with van der Waals surface area (Å²) in [5.74, 6) is -1.45. The van der Waals surface area contributed by atoms with E-state index in [1.807, 2.05) is 26.1 Å². The molecule has 1 unspecified atom stereocenters. The molecule has 3 amide bonds. The van der Waals surface area contributed by atoms with Crippen LogP contribution in [0.5, 0.6) is 0 Å². The number of carbonyl (C=O) groups is 3. The topological polar surface area (TPSA) is 84.3 Å². The highest BCUT2D eigenvalue weighted by molar-refractivity contribution is 7.14. The molecule has 0 aliphatic carbocycles. The SMILES string of the molecule is Cc1sc(C(=O)NC(Cc2ccc(F)cc2)CN2C(=O)c3ccccc3C2=O)cc1-c1ccnn1C. The summed E-state index contributed by atoms with van der Waals surface area (Å²) in [6.45, 7) is 1.94. The van der Waals surface area contributed by atoms with Crippen LogP contribution >= 0.6 is 11.3 Å². The number of hydrogen-bond donors (Lipinski definition) is 1. The molecular formula is C27H23FN4O3S. The Labute approximate surface area is 211 Å². The molecule has 5 rings (SSSR count). The molecule has 0 radical (unpaired) electrons. The number of carbonyl (C=O) groups excluding carboxylic acids is 3. The standard InChI is InChI=1S/C27H23FN4O3S/c1-16-22(23-11-12-29-31(23)2)14-24(36-16)25(33)30-19(13-17-7-9-18(28)10-8-17)15-32-26(34)20-5-3-4-6-21(20)27(32)35/h3-12,14,19H,13,15H2,1-2H3,(H,30,33). The lowest BCUT2D eigenvalue weighted by atomic mass is 10.0. The molecule has 0 saturated carbocycles. The van der Waals surface area contributed by atoms with Crippen molar-refractivity contribution < 1.29 is 18.8 Å². The normalized spacial score (nSPS) is 13.7. The minimum atomic E-state index is -0.576. The Bertz CT molecular complexity index is 1440. The van der Waals surface area contributed by atoms with Crippen molar-refractivity contribution in [1.29, 1.82) is 0 Å². The number of thiophene rings is 1. The third-order valence-electron chi connectivity index (χ3n) is 6.25. The molecule has 0 fully saturated rings. The molecule has 1 N–H and O–H groups in total. The van der Waals surface area contributed by atoms with Gasteiger partial charge >= 0.3 is 0 Å². The monoisotopic (exact) mass is 502 g/mol. The first-order chi connectivity index (χ1) is 17.3. The number of aromatic nitrogens is 2. The Kier molecular flexibility index (Phi) is 6.24. The van der Waals surface area contributed by atoms with E-state index in [-0.39, 0.29) is 30.1 Å². The smallest absolute Gasteiger partial charge is 0.261 e. The molecule has 1 atom stereocenters. The van der Waals surface area contributed by atoms with Gasteiger partial charge in [-0.05, 0) is 55.3 Å². The zero-order valence-corrected chi connectivity index (χ0v) is 20.5. The van der Waals surface area contributed by atoms with Crippen LogP contribution in [-0.2, 0) is 13.5 Å². The molecule has 7 nitrogen and oxygen atoms in total. The second kappa shape index (κ2) is 9.50. The van der Waals surface area contributed by atoms with E-state index in [4.69, 9.17) is 0 Å². The molecule has 4 aromatic rings. The fourth-order valence-electron chi connectivity index (χ4n) is 4.43. The minimum Gasteiger partial charge on any atom is -0.346 e. The van der Waals surface area contributed by atoms with Crippen LogP contribution in [-0.4, -0.2) is 45.0 Å². The highest BCUT2D eigenvalue weighted by Gasteiger charge is 2.36. The molecular weight excluding hydrogens is 479 g/mol. The van der Waals surface area contributed by atoms with Gasteiger partial charge in [0.05, 0.1) is 27.7 Å². The number of halogens is 1. The Balaban J connectivity index is 1.40. The number of aryl methyl sites for hydroxylation is 2. The number of fused-ring (bicyclic) bond motifs is 1. The minimum absolute atomic E-state index is 0.00555. The highest BCUT2D eigenvalue weighted by Crippen LogP contribution is 2.31. The molecule has 182 valence electrons. The lowest BCUT2D eigenvalue weighted by Gasteiger charge is -2.24. The van der Waals surface area contributed by atoms with Gasteiger partial charge in [-0.25, -0.2) is 4.39 Å². The van der Waals surface area contributed by atoms with Gasteiger partial charge in [0.25, 0.3) is 17.7 Å². The van der Waals surface area contributed by atoms with Crippen LogP contribution < -0.4 is 5.32 Å². The largest absolute Gasteiger partial charge is 0.346 e. The first-order valence-corrected chi connectivity index (χ1v) is 12.2. The maximum absolute atomic E-state index is 13.5. The lowest BCUT2D eigenvalue weighted by molar-refractivity contribution is 0.0629. The predicted molar refractivity (Wildman–Crippen MR) is 134 cm³/mol. The van der Waals surface area contributed by atoms with Crippen molar-refractivity contribution in [3.63, 3.8) is 0 Å². The maximum atomic E-state index is 13.5. The number of hydrogen-bond acceptors (Lipinski definition) is 5. The summed E-state index contributed by atoms with van der Waals surface area (Å²) in [5, 5.41) is 7.20. The average molecular weight is 503 g/mol. The molecule has 0 spiro atoms. The van der Waals surface area contributed by atoms with E-state index < -0.39 is 6.04 Å². The number of rotatable bonds is 7. The summed E-state index contributed by atoms with van der Waals surface area (Å²) >= 11 is 1.36. The third-order valence-corrected chi connectivity index (χ3v) is 7.30. The zero-order valence-electron chi connectivity index (χ0n) is 19.7. The van der Waals surface area contributed by atoms with Gasteiger partial charge in [-0.1, -0.05) is 24.3 Å². The Morgan fingerprint density at radius 2 is 1.69 bits per heavy atom. The molecule has 36 heavy (non-hydrogen) atoms. The Morgan fingerprint density at radius 1 is 1.03 bits per heavy atom. The van der Waals surface area contributed by atoms with E-state index >= 15 is 0 Å². The molecule has 2 aromatic heterocycles. The summed E-state index contributed by atoms with van der Waals surface area (Å²) in [6, 6.07) is 15.8. The number of benzene rings is 2. The van der Waals surface area contributed by atoms with Crippen molar-refractivity contribution in [2.75, 3.05) is 6.54 Å². The van der Waals surface area contributed by atoms with Gasteiger partial charge in [-0.2, -0.15) is 5.10 Å². The van der Waals surface area contributed by atoms with Gasteiger partial charge in [0.15, 0.2) is 0 Å². The van der Waals surface area contributed by atoms with Crippen LogP contribution in [0.4, 0.5) is 4.39 Å². The van der Waals surface area contributed by atoms with Gasteiger partial charge in [0, 0.05) is 30.2 Å². The van der Waals surface area contributed by atoms with E-state index in [1.54, 1.807) is 47.3 Å². The van der Waals surface area contributed by atoms with Crippen molar-refractivity contribution >= 4 is 29.1 Å². The molecule has 1 aliphatic heterocycles. The maximum Gasteiger partial charge on any atom is 0.261 e. The molecule has 9 heteroatoms. The van der Waals surface area contributed by atoms with Crippen molar-refractivity contribution in [2.24, 2.45) is 7.05 Å². The first kappa shape index (κ1) is 23.6. The van der Waals surface area contributed by atoms with Gasteiger partial charge < -0.3 is 5.32 Å². The van der Waals surface area contributed by atoms with Crippen LogP contribution in [0, 0.1) is 12.7 Å². The van der Waals surface area contributed by atoms with Crippen LogP contribution in [0.15, 0.2) is 66.9 Å². The second-order valence-corrected chi connectivity index (χ2v) is 9.94. The fourth-order valence-corrected chi connectivity index (χ4v) is 5.37. The third kappa shape index (κ3) is 4.45. The van der Waals surface area contributed by atoms with Crippen LogP contribution in [0.2, 0.25) is 0 Å². The average Bonchev–Trinajstić information content (AvgIpc) is 3.53. The van der Waals surface area contributed by atoms with Crippen molar-refractivity contribution in [3.8, 4) is 11.3 Å². The Morgan fingerprint density at radius 3 is 2.31 bits per heavy atom. The first-order valence-electron chi connectivity index (χ1n) is 11.4. The molecule has 3 heterocycles. The lowest BCUT2D eigenvalue weighted by Crippen LogP contribution is -2.46. The zero-order chi connectivity index (χ0) is 25.4. The van der Waals surface area contributed by atoms with Crippen LogP contribution in [0.1, 0.15) is 40.8 Å². The van der Waals surface area contributed by atoms with Gasteiger partial charge in [0.2, 0.25) is 0 Å². The van der Waals surface area contributed by atoms with E-state index in [9.17, 15) is 18.8 Å². The van der Waals surface area contributed by atoms with E-state index in [2.05, 4.69) is 10.4 Å². The molecule has 0 bridgehead atoms. The summed E-state index contributed by atoms with van der Waals surface area (Å²) in [4.78, 5) is 41.8. The molecule has 2 aromatic carbocycles. The number of nitrogens with one attached hydrogen (secondary N) is 1. The second-order valence-electron chi connectivity index (χ2n) is 8.69. The Hall–Kier alpha value is -4.11. The fraction of sp³-hybridized carbons (Fsp3) is 0.185. The van der Waals surface area contributed by atoms with Crippen LogP contribution in [0.25, 0.3) is 11.3 Å².